The van der Waals surface area contributed by atoms with E-state index in [-0.39, 0.29) is 17.7 Å². The third-order valence-corrected chi connectivity index (χ3v) is 3.83. The van der Waals surface area contributed by atoms with Crippen LogP contribution in [-0.4, -0.2) is 6.54 Å². The van der Waals surface area contributed by atoms with Crippen molar-refractivity contribution in [3.63, 3.8) is 0 Å². The highest BCUT2D eigenvalue weighted by atomic mass is 79.9. The molecule has 1 atom stereocenters. The van der Waals surface area contributed by atoms with Crippen LogP contribution in [0.3, 0.4) is 0 Å². The van der Waals surface area contributed by atoms with Crippen molar-refractivity contribution in [3.05, 3.63) is 69.2 Å². The molecule has 0 fully saturated rings. The van der Waals surface area contributed by atoms with Gasteiger partial charge in [-0.1, -0.05) is 31.2 Å². The average Bonchev–Trinajstić information content (AvgIpc) is 2.43. The molecule has 0 spiro atoms. The summed E-state index contributed by atoms with van der Waals surface area (Å²) in [7, 11) is 0. The molecular formula is C16H16BrF2N. The minimum absolute atomic E-state index is 0.223. The summed E-state index contributed by atoms with van der Waals surface area (Å²) in [6.07, 6.45) is 0. The number of halogens is 3. The van der Waals surface area contributed by atoms with E-state index in [1.807, 2.05) is 13.0 Å². The molecule has 0 amide bonds. The number of hydrogen-bond acceptors (Lipinski definition) is 1. The molecule has 1 N–H and O–H groups in total. The van der Waals surface area contributed by atoms with Crippen LogP contribution in [0.1, 0.15) is 29.7 Å². The van der Waals surface area contributed by atoms with Crippen molar-refractivity contribution in [2.24, 2.45) is 0 Å². The van der Waals surface area contributed by atoms with Crippen molar-refractivity contribution in [1.29, 1.82) is 0 Å². The van der Waals surface area contributed by atoms with Gasteiger partial charge in [0.2, 0.25) is 0 Å². The first-order chi connectivity index (χ1) is 9.54. The Hall–Kier alpha value is -1.26. The van der Waals surface area contributed by atoms with Gasteiger partial charge in [0.1, 0.15) is 11.6 Å². The molecule has 2 rings (SSSR count). The molecule has 0 saturated heterocycles. The highest BCUT2D eigenvalue weighted by molar-refractivity contribution is 9.10. The topological polar surface area (TPSA) is 12.0 Å². The van der Waals surface area contributed by atoms with Crippen LogP contribution in [0.5, 0.6) is 0 Å². The number of benzene rings is 2. The Labute approximate surface area is 126 Å². The number of nitrogens with one attached hydrogen (secondary N) is 1. The summed E-state index contributed by atoms with van der Waals surface area (Å²) in [6.45, 7) is 4.38. The Bertz CT molecular complexity index is 613. The Morgan fingerprint density at radius 1 is 1.20 bits per heavy atom. The van der Waals surface area contributed by atoms with Crippen LogP contribution in [0, 0.1) is 18.6 Å². The van der Waals surface area contributed by atoms with Crippen molar-refractivity contribution >= 4 is 15.9 Å². The van der Waals surface area contributed by atoms with Crippen LogP contribution in [0.15, 0.2) is 40.9 Å². The van der Waals surface area contributed by atoms with Gasteiger partial charge in [-0.2, -0.15) is 0 Å². The molecule has 1 nitrogen and oxygen atoms in total. The molecule has 20 heavy (non-hydrogen) atoms. The molecule has 0 heterocycles. The monoisotopic (exact) mass is 339 g/mol. The highest BCUT2D eigenvalue weighted by Crippen LogP contribution is 2.28. The van der Waals surface area contributed by atoms with E-state index >= 15 is 0 Å². The van der Waals surface area contributed by atoms with Gasteiger partial charge in [-0.15, -0.1) is 0 Å². The number of hydrogen-bond donors (Lipinski definition) is 1. The van der Waals surface area contributed by atoms with Crippen molar-refractivity contribution < 1.29 is 8.78 Å². The Morgan fingerprint density at radius 2 is 1.95 bits per heavy atom. The Morgan fingerprint density at radius 3 is 2.60 bits per heavy atom. The van der Waals surface area contributed by atoms with E-state index in [9.17, 15) is 8.78 Å². The Balaban J connectivity index is 2.50. The fourth-order valence-electron chi connectivity index (χ4n) is 2.20. The highest BCUT2D eigenvalue weighted by Gasteiger charge is 2.18. The Kier molecular flexibility index (Phi) is 4.89. The molecule has 2 aromatic rings. The second kappa shape index (κ2) is 6.46. The van der Waals surface area contributed by atoms with Crippen molar-refractivity contribution in [1.82, 2.24) is 5.32 Å². The van der Waals surface area contributed by atoms with Gasteiger partial charge in [0, 0.05) is 5.56 Å². The number of aryl methyl sites for hydroxylation is 1. The number of rotatable bonds is 4. The van der Waals surface area contributed by atoms with Gasteiger partial charge in [0.25, 0.3) is 0 Å². The van der Waals surface area contributed by atoms with E-state index < -0.39 is 0 Å². The molecule has 0 saturated carbocycles. The van der Waals surface area contributed by atoms with Crippen LogP contribution >= 0.6 is 15.9 Å². The lowest BCUT2D eigenvalue weighted by atomic mass is 9.96. The molecular weight excluding hydrogens is 324 g/mol. The second-order valence-electron chi connectivity index (χ2n) is 4.64. The van der Waals surface area contributed by atoms with Crippen LogP contribution in [0.4, 0.5) is 8.78 Å². The van der Waals surface area contributed by atoms with Crippen molar-refractivity contribution in [3.8, 4) is 0 Å². The third-order valence-electron chi connectivity index (χ3n) is 3.22. The normalized spacial score (nSPS) is 12.4. The largest absolute Gasteiger partial charge is 0.306 e. The first-order valence-corrected chi connectivity index (χ1v) is 7.27. The summed E-state index contributed by atoms with van der Waals surface area (Å²) in [4.78, 5) is 0. The van der Waals surface area contributed by atoms with E-state index in [1.165, 1.54) is 6.07 Å². The lowest BCUT2D eigenvalue weighted by Gasteiger charge is -2.20. The summed E-state index contributed by atoms with van der Waals surface area (Å²) < 4.78 is 28.0. The maximum atomic E-state index is 14.3. The minimum atomic E-state index is -0.325. The van der Waals surface area contributed by atoms with Gasteiger partial charge in [0.05, 0.1) is 10.5 Å². The second-order valence-corrected chi connectivity index (χ2v) is 5.50. The summed E-state index contributed by atoms with van der Waals surface area (Å²) in [5.41, 5.74) is 2.00. The summed E-state index contributed by atoms with van der Waals surface area (Å²) in [5.74, 6) is -0.549. The first-order valence-electron chi connectivity index (χ1n) is 6.48. The molecule has 106 valence electrons. The maximum absolute atomic E-state index is 14.3. The predicted octanol–water partition coefficient (Wildman–Crippen LogP) is 4.73. The fraction of sp³-hybridized carbons (Fsp3) is 0.250. The van der Waals surface area contributed by atoms with Crippen molar-refractivity contribution in [2.45, 2.75) is 19.9 Å². The van der Waals surface area contributed by atoms with E-state index in [4.69, 9.17) is 0 Å². The average molecular weight is 340 g/mol. The molecule has 0 aliphatic carbocycles. The maximum Gasteiger partial charge on any atom is 0.137 e. The molecule has 4 heteroatoms. The lowest BCUT2D eigenvalue weighted by Crippen LogP contribution is -2.23. The standard InChI is InChI=1S/C16H16BrF2N/c1-3-20-16(11-7-8-14(18)13(17)9-11)12-6-4-5-10(2)15(12)19/h4-9,16,20H,3H2,1-2H3. The molecule has 0 bridgehead atoms. The van der Waals surface area contributed by atoms with E-state index in [0.29, 0.717) is 22.1 Å². The van der Waals surface area contributed by atoms with Gasteiger partial charge >= 0.3 is 0 Å². The van der Waals surface area contributed by atoms with Crippen molar-refractivity contribution in [2.75, 3.05) is 6.54 Å². The lowest BCUT2D eigenvalue weighted by molar-refractivity contribution is 0.552. The molecule has 0 aromatic heterocycles. The summed E-state index contributed by atoms with van der Waals surface area (Å²) in [5, 5.41) is 3.25. The zero-order valence-corrected chi connectivity index (χ0v) is 13.0. The summed E-state index contributed by atoms with van der Waals surface area (Å²) >= 11 is 3.17. The molecule has 0 aliphatic rings. The van der Waals surface area contributed by atoms with E-state index in [0.717, 1.165) is 5.56 Å². The van der Waals surface area contributed by atoms with Crippen LogP contribution in [0.2, 0.25) is 0 Å². The van der Waals surface area contributed by atoms with Crippen LogP contribution < -0.4 is 5.32 Å². The molecule has 0 radical (unpaired) electrons. The quantitative estimate of drug-likeness (QED) is 0.848. The van der Waals surface area contributed by atoms with Gasteiger partial charge in [-0.05, 0) is 52.7 Å². The zero-order valence-electron chi connectivity index (χ0n) is 11.4. The smallest absolute Gasteiger partial charge is 0.137 e. The van der Waals surface area contributed by atoms with Gasteiger partial charge in [0.15, 0.2) is 0 Å². The summed E-state index contributed by atoms with van der Waals surface area (Å²) in [6, 6.07) is 9.78. The van der Waals surface area contributed by atoms with E-state index in [2.05, 4.69) is 21.2 Å². The SMILES string of the molecule is CCNC(c1ccc(F)c(Br)c1)c1cccc(C)c1F. The van der Waals surface area contributed by atoms with Gasteiger partial charge in [-0.3, -0.25) is 0 Å². The van der Waals surface area contributed by atoms with Crippen LogP contribution in [0.25, 0.3) is 0 Å². The fourth-order valence-corrected chi connectivity index (χ4v) is 2.59. The molecule has 0 aliphatic heterocycles. The minimum Gasteiger partial charge on any atom is -0.306 e. The van der Waals surface area contributed by atoms with Gasteiger partial charge < -0.3 is 5.32 Å². The van der Waals surface area contributed by atoms with Crippen LogP contribution in [-0.2, 0) is 0 Å². The zero-order chi connectivity index (χ0) is 14.7. The molecule has 2 aromatic carbocycles. The predicted molar refractivity (Wildman–Crippen MR) is 80.8 cm³/mol. The first kappa shape index (κ1) is 15.1. The van der Waals surface area contributed by atoms with E-state index in [1.54, 1.807) is 31.2 Å². The van der Waals surface area contributed by atoms with Gasteiger partial charge in [-0.25, -0.2) is 8.78 Å². The molecule has 1 unspecified atom stereocenters. The third kappa shape index (κ3) is 3.07.